The number of carbonyl (C=O) groups excluding carboxylic acids is 1. The molecule has 0 heterocycles. The van der Waals surface area contributed by atoms with Gasteiger partial charge in [0.1, 0.15) is 0 Å². The molecule has 0 saturated heterocycles. The summed E-state index contributed by atoms with van der Waals surface area (Å²) in [7, 11) is 0. The Bertz CT molecular complexity index is 491. The van der Waals surface area contributed by atoms with Crippen LogP contribution in [0.15, 0.2) is 18.2 Å². The van der Waals surface area contributed by atoms with Crippen LogP contribution in [0.1, 0.15) is 20.3 Å². The van der Waals surface area contributed by atoms with Crippen LogP contribution in [0.25, 0.3) is 0 Å². The van der Waals surface area contributed by atoms with Gasteiger partial charge in [0, 0.05) is 11.8 Å². The average Bonchev–Trinajstić information content (AvgIpc) is 2.30. The van der Waals surface area contributed by atoms with E-state index in [0.717, 1.165) is 12.1 Å². The molecule has 1 aromatic carbocycles. The first-order chi connectivity index (χ1) is 8.81. The van der Waals surface area contributed by atoms with Crippen molar-refractivity contribution in [2.45, 2.75) is 26.3 Å². The summed E-state index contributed by atoms with van der Waals surface area (Å²) in [4.78, 5) is 21.4. The van der Waals surface area contributed by atoms with Gasteiger partial charge in [-0.3, -0.25) is 14.9 Å². The van der Waals surface area contributed by atoms with Gasteiger partial charge in [0.2, 0.25) is 11.7 Å². The molecule has 0 spiro atoms. The van der Waals surface area contributed by atoms with Gasteiger partial charge < -0.3 is 11.1 Å². The SMILES string of the molecule is CC(C)CC(N)C(=O)Nc1ccc(F)c([N+](=O)[O-])c1. The van der Waals surface area contributed by atoms with E-state index in [0.29, 0.717) is 6.42 Å². The van der Waals surface area contributed by atoms with Crippen LogP contribution >= 0.6 is 0 Å². The molecule has 1 atom stereocenters. The number of nitro benzene ring substituents is 1. The van der Waals surface area contributed by atoms with Crippen molar-refractivity contribution >= 4 is 17.3 Å². The molecule has 7 heteroatoms. The molecule has 0 bridgehead atoms. The predicted octanol–water partition coefficient (Wildman–Crippen LogP) is 2.05. The van der Waals surface area contributed by atoms with Crippen molar-refractivity contribution in [2.75, 3.05) is 5.32 Å². The minimum absolute atomic E-state index is 0.150. The van der Waals surface area contributed by atoms with E-state index in [1.807, 2.05) is 13.8 Å². The van der Waals surface area contributed by atoms with Crippen molar-refractivity contribution in [1.82, 2.24) is 0 Å². The maximum atomic E-state index is 13.1. The molecule has 19 heavy (non-hydrogen) atoms. The molecule has 1 aromatic rings. The summed E-state index contributed by atoms with van der Waals surface area (Å²) in [6, 6.07) is 2.45. The molecule has 0 saturated carbocycles. The number of nitrogens with one attached hydrogen (secondary N) is 1. The lowest BCUT2D eigenvalue weighted by Gasteiger charge is -2.14. The molecule has 1 amide bonds. The summed E-state index contributed by atoms with van der Waals surface area (Å²) in [5.41, 5.74) is 5.14. The van der Waals surface area contributed by atoms with E-state index in [9.17, 15) is 19.3 Å². The van der Waals surface area contributed by atoms with Crippen LogP contribution in [0.5, 0.6) is 0 Å². The standard InChI is InChI=1S/C12H16FN3O3/c1-7(2)5-10(14)12(17)15-8-3-4-9(13)11(6-8)16(18)19/h3-4,6-7,10H,5,14H2,1-2H3,(H,15,17). The minimum atomic E-state index is -0.950. The maximum absolute atomic E-state index is 13.1. The normalized spacial score (nSPS) is 12.3. The number of rotatable bonds is 5. The Kier molecular flexibility index (Phi) is 4.94. The van der Waals surface area contributed by atoms with Crippen molar-refractivity contribution in [3.05, 3.63) is 34.1 Å². The van der Waals surface area contributed by atoms with Gasteiger partial charge in [0.05, 0.1) is 11.0 Å². The van der Waals surface area contributed by atoms with Crippen LogP contribution in [-0.2, 0) is 4.79 Å². The number of carbonyl (C=O) groups is 1. The quantitative estimate of drug-likeness (QED) is 0.631. The van der Waals surface area contributed by atoms with Gasteiger partial charge in [-0.05, 0) is 24.5 Å². The topological polar surface area (TPSA) is 98.3 Å². The molecule has 6 nitrogen and oxygen atoms in total. The molecule has 0 aliphatic rings. The van der Waals surface area contributed by atoms with Gasteiger partial charge in [0.15, 0.2) is 0 Å². The van der Waals surface area contributed by atoms with Gasteiger partial charge in [-0.15, -0.1) is 0 Å². The van der Waals surface area contributed by atoms with Crippen molar-refractivity contribution in [3.63, 3.8) is 0 Å². The fourth-order valence-corrected chi connectivity index (χ4v) is 1.58. The van der Waals surface area contributed by atoms with E-state index in [1.165, 1.54) is 6.07 Å². The zero-order chi connectivity index (χ0) is 14.6. The monoisotopic (exact) mass is 269 g/mol. The molecule has 104 valence electrons. The van der Waals surface area contributed by atoms with E-state index in [2.05, 4.69) is 5.32 Å². The zero-order valence-corrected chi connectivity index (χ0v) is 10.7. The second-order valence-electron chi connectivity index (χ2n) is 4.65. The first-order valence-electron chi connectivity index (χ1n) is 5.81. The van der Waals surface area contributed by atoms with Crippen LogP contribution < -0.4 is 11.1 Å². The van der Waals surface area contributed by atoms with Crippen LogP contribution in [0.4, 0.5) is 15.8 Å². The van der Waals surface area contributed by atoms with E-state index in [-0.39, 0.29) is 11.6 Å². The first-order valence-corrected chi connectivity index (χ1v) is 5.81. The molecule has 0 fully saturated rings. The van der Waals surface area contributed by atoms with Gasteiger partial charge >= 0.3 is 5.69 Å². The highest BCUT2D eigenvalue weighted by atomic mass is 19.1. The van der Waals surface area contributed by atoms with Crippen LogP contribution in [0.2, 0.25) is 0 Å². The number of anilines is 1. The average molecular weight is 269 g/mol. The molecular formula is C12H16FN3O3. The van der Waals surface area contributed by atoms with Gasteiger partial charge in [-0.2, -0.15) is 4.39 Å². The lowest BCUT2D eigenvalue weighted by atomic mass is 10.0. The third-order valence-corrected chi connectivity index (χ3v) is 2.47. The molecule has 1 unspecified atom stereocenters. The van der Waals surface area contributed by atoms with Gasteiger partial charge in [-0.25, -0.2) is 0 Å². The minimum Gasteiger partial charge on any atom is -0.324 e. The van der Waals surface area contributed by atoms with E-state index < -0.39 is 28.4 Å². The highest BCUT2D eigenvalue weighted by molar-refractivity contribution is 5.94. The predicted molar refractivity (Wildman–Crippen MR) is 69.1 cm³/mol. The zero-order valence-electron chi connectivity index (χ0n) is 10.7. The Morgan fingerprint density at radius 2 is 2.16 bits per heavy atom. The molecule has 0 radical (unpaired) electrons. The summed E-state index contributed by atoms with van der Waals surface area (Å²) in [6.45, 7) is 3.85. The van der Waals surface area contributed by atoms with E-state index in [4.69, 9.17) is 5.73 Å². The Balaban J connectivity index is 2.80. The first kappa shape index (κ1) is 15.0. The van der Waals surface area contributed by atoms with Crippen molar-refractivity contribution in [1.29, 1.82) is 0 Å². The van der Waals surface area contributed by atoms with Crippen molar-refractivity contribution < 1.29 is 14.1 Å². The number of nitrogens with two attached hydrogens (primary N) is 1. The number of hydrogen-bond donors (Lipinski definition) is 2. The largest absolute Gasteiger partial charge is 0.324 e. The summed E-state index contributed by atoms with van der Waals surface area (Å²) < 4.78 is 13.1. The number of benzene rings is 1. The highest BCUT2D eigenvalue weighted by Crippen LogP contribution is 2.21. The van der Waals surface area contributed by atoms with Crippen molar-refractivity contribution in [3.8, 4) is 0 Å². The Labute approximate surface area is 109 Å². The fraction of sp³-hybridized carbons (Fsp3) is 0.417. The highest BCUT2D eigenvalue weighted by Gasteiger charge is 2.18. The maximum Gasteiger partial charge on any atom is 0.306 e. The second kappa shape index (κ2) is 6.24. The van der Waals surface area contributed by atoms with Gasteiger partial charge in [-0.1, -0.05) is 13.8 Å². The fourth-order valence-electron chi connectivity index (χ4n) is 1.58. The molecule has 0 aromatic heterocycles. The molecule has 1 rings (SSSR count). The molecular weight excluding hydrogens is 253 g/mol. The van der Waals surface area contributed by atoms with E-state index in [1.54, 1.807) is 0 Å². The molecule has 0 aliphatic carbocycles. The van der Waals surface area contributed by atoms with Gasteiger partial charge in [0.25, 0.3) is 0 Å². The lowest BCUT2D eigenvalue weighted by molar-refractivity contribution is -0.387. The summed E-state index contributed by atoms with van der Waals surface area (Å²) >= 11 is 0. The molecule has 0 aliphatic heterocycles. The Morgan fingerprint density at radius 1 is 1.53 bits per heavy atom. The van der Waals surface area contributed by atoms with Crippen molar-refractivity contribution in [2.24, 2.45) is 11.7 Å². The number of hydrogen-bond acceptors (Lipinski definition) is 4. The number of halogens is 1. The number of nitrogens with zero attached hydrogens (tertiary/aromatic N) is 1. The second-order valence-corrected chi connectivity index (χ2v) is 4.65. The van der Waals surface area contributed by atoms with Crippen LogP contribution in [0.3, 0.4) is 0 Å². The number of amides is 1. The smallest absolute Gasteiger partial charge is 0.306 e. The third kappa shape index (κ3) is 4.29. The summed E-state index contributed by atoms with van der Waals surface area (Å²) in [5, 5.41) is 13.0. The van der Waals surface area contributed by atoms with E-state index >= 15 is 0 Å². The Hall–Kier alpha value is -2.02. The Morgan fingerprint density at radius 3 is 2.68 bits per heavy atom. The van der Waals surface area contributed by atoms with Crippen LogP contribution in [0, 0.1) is 21.8 Å². The summed E-state index contributed by atoms with van der Waals surface area (Å²) in [6.07, 6.45) is 0.495. The molecule has 3 N–H and O–H groups in total. The summed E-state index contributed by atoms with van der Waals surface area (Å²) in [5.74, 6) is -1.15. The lowest BCUT2D eigenvalue weighted by Crippen LogP contribution is -2.36. The third-order valence-electron chi connectivity index (χ3n) is 2.47. The number of nitro groups is 1. The van der Waals surface area contributed by atoms with Crippen LogP contribution in [-0.4, -0.2) is 16.9 Å².